The van der Waals surface area contributed by atoms with E-state index in [0.717, 1.165) is 11.4 Å². The van der Waals surface area contributed by atoms with E-state index in [4.69, 9.17) is 9.15 Å². The monoisotopic (exact) mass is 328 g/mol. The first-order valence-electron chi connectivity index (χ1n) is 8.00. The average Bonchev–Trinajstić information content (AvgIpc) is 3.12. The minimum atomic E-state index is -0.539. The van der Waals surface area contributed by atoms with E-state index >= 15 is 0 Å². The predicted molar refractivity (Wildman–Crippen MR) is 89.2 cm³/mol. The van der Waals surface area contributed by atoms with Crippen LogP contribution in [0.25, 0.3) is 0 Å². The minimum Gasteiger partial charge on any atom is -0.494 e. The van der Waals surface area contributed by atoms with Crippen molar-refractivity contribution in [2.75, 3.05) is 24.6 Å². The van der Waals surface area contributed by atoms with Gasteiger partial charge in [0.1, 0.15) is 11.8 Å². The Bertz CT molecular complexity index is 709. The molecular weight excluding hydrogens is 308 g/mol. The van der Waals surface area contributed by atoms with Crippen LogP contribution < -0.4 is 9.64 Å². The summed E-state index contributed by atoms with van der Waals surface area (Å²) in [6.45, 7) is 5.17. The molecule has 6 heteroatoms. The molecule has 1 fully saturated rings. The van der Waals surface area contributed by atoms with E-state index in [1.807, 2.05) is 31.2 Å². The van der Waals surface area contributed by atoms with Crippen molar-refractivity contribution in [3.8, 4) is 5.75 Å². The van der Waals surface area contributed by atoms with Crippen LogP contribution in [0.4, 0.5) is 5.69 Å². The van der Waals surface area contributed by atoms with Crippen molar-refractivity contribution in [3.63, 3.8) is 0 Å². The molecule has 2 heterocycles. The molecule has 0 bridgehead atoms. The molecule has 6 nitrogen and oxygen atoms in total. The van der Waals surface area contributed by atoms with Crippen LogP contribution in [0, 0.1) is 0 Å². The van der Waals surface area contributed by atoms with E-state index in [9.17, 15) is 9.59 Å². The Balaban J connectivity index is 1.73. The van der Waals surface area contributed by atoms with Crippen LogP contribution >= 0.6 is 0 Å². The molecule has 1 aromatic heterocycles. The second-order valence-electron chi connectivity index (χ2n) is 5.57. The number of carbonyl (C=O) groups excluding carboxylic acids is 2. The average molecular weight is 328 g/mol. The summed E-state index contributed by atoms with van der Waals surface area (Å²) in [4.78, 5) is 28.4. The Morgan fingerprint density at radius 1 is 1.25 bits per heavy atom. The predicted octanol–water partition coefficient (Wildman–Crippen LogP) is 2.56. The van der Waals surface area contributed by atoms with Crippen molar-refractivity contribution in [3.05, 3.63) is 48.4 Å². The molecule has 1 aliphatic rings. The maximum atomic E-state index is 12.7. The fraction of sp³-hybridized carbons (Fsp3) is 0.333. The van der Waals surface area contributed by atoms with E-state index in [1.54, 1.807) is 28.9 Å². The maximum absolute atomic E-state index is 12.7. The van der Waals surface area contributed by atoms with Crippen LogP contribution in [-0.2, 0) is 4.79 Å². The van der Waals surface area contributed by atoms with Gasteiger partial charge in [-0.25, -0.2) is 0 Å². The summed E-state index contributed by atoms with van der Waals surface area (Å²) in [7, 11) is 0. The lowest BCUT2D eigenvalue weighted by molar-refractivity contribution is -0.124. The highest BCUT2D eigenvalue weighted by Crippen LogP contribution is 2.24. The Morgan fingerprint density at radius 2 is 2.00 bits per heavy atom. The summed E-state index contributed by atoms with van der Waals surface area (Å²) in [5.41, 5.74) is 0.806. The van der Waals surface area contributed by atoms with Crippen molar-refractivity contribution >= 4 is 17.5 Å². The van der Waals surface area contributed by atoms with Crippen molar-refractivity contribution in [1.82, 2.24) is 4.90 Å². The van der Waals surface area contributed by atoms with Gasteiger partial charge in [0, 0.05) is 18.8 Å². The zero-order valence-corrected chi connectivity index (χ0v) is 13.8. The fourth-order valence-corrected chi connectivity index (χ4v) is 2.83. The van der Waals surface area contributed by atoms with Gasteiger partial charge in [-0.2, -0.15) is 0 Å². The summed E-state index contributed by atoms with van der Waals surface area (Å²) in [6.07, 6.45) is 1.45. The second kappa shape index (κ2) is 6.78. The van der Waals surface area contributed by atoms with Gasteiger partial charge in [-0.1, -0.05) is 0 Å². The third-order valence-corrected chi connectivity index (χ3v) is 4.11. The zero-order chi connectivity index (χ0) is 17.1. The Labute approximate surface area is 140 Å². The Kier molecular flexibility index (Phi) is 4.55. The molecule has 1 unspecified atom stereocenters. The smallest absolute Gasteiger partial charge is 0.290 e. The van der Waals surface area contributed by atoms with Crippen LogP contribution in [0.5, 0.6) is 5.75 Å². The van der Waals surface area contributed by atoms with Crippen LogP contribution in [0.3, 0.4) is 0 Å². The number of rotatable bonds is 4. The SMILES string of the molecule is CCOc1ccc(N2CCN(C(=O)c3ccco3)C(C)C2=O)cc1. The van der Waals surface area contributed by atoms with E-state index in [0.29, 0.717) is 19.7 Å². The number of amides is 2. The standard InChI is InChI=1S/C18H20N2O4/c1-3-23-15-8-6-14(7-9-15)20-11-10-19(13(2)17(20)21)18(22)16-5-4-12-24-16/h4-9,12-13H,3,10-11H2,1-2H3. The van der Waals surface area contributed by atoms with E-state index < -0.39 is 6.04 Å². The number of piperazine rings is 1. The van der Waals surface area contributed by atoms with Crippen LogP contribution in [0.2, 0.25) is 0 Å². The molecule has 1 aromatic carbocycles. The van der Waals surface area contributed by atoms with Crippen LogP contribution in [-0.4, -0.2) is 42.5 Å². The van der Waals surface area contributed by atoms with Gasteiger partial charge in [0.2, 0.25) is 5.91 Å². The Morgan fingerprint density at radius 3 is 2.62 bits per heavy atom. The van der Waals surface area contributed by atoms with Crippen molar-refractivity contribution in [2.45, 2.75) is 19.9 Å². The number of anilines is 1. The molecule has 0 radical (unpaired) electrons. The fourth-order valence-electron chi connectivity index (χ4n) is 2.83. The molecule has 3 rings (SSSR count). The highest BCUT2D eigenvalue weighted by molar-refractivity contribution is 6.02. The Hall–Kier alpha value is -2.76. The summed E-state index contributed by atoms with van der Waals surface area (Å²) in [6, 6.07) is 10.1. The summed E-state index contributed by atoms with van der Waals surface area (Å²) in [5, 5.41) is 0. The van der Waals surface area contributed by atoms with Crippen LogP contribution in [0.1, 0.15) is 24.4 Å². The molecule has 0 aliphatic carbocycles. The number of hydrogen-bond acceptors (Lipinski definition) is 4. The quantitative estimate of drug-likeness (QED) is 0.865. The van der Waals surface area contributed by atoms with Gasteiger partial charge in [0.15, 0.2) is 5.76 Å². The van der Waals surface area contributed by atoms with E-state index in [1.165, 1.54) is 6.26 Å². The lowest BCUT2D eigenvalue weighted by Crippen LogP contribution is -2.57. The largest absolute Gasteiger partial charge is 0.494 e. The molecule has 1 atom stereocenters. The summed E-state index contributed by atoms with van der Waals surface area (Å²) >= 11 is 0. The normalized spacial score (nSPS) is 17.9. The molecule has 1 aliphatic heterocycles. The number of hydrogen-bond donors (Lipinski definition) is 0. The first-order valence-corrected chi connectivity index (χ1v) is 8.00. The summed E-state index contributed by atoms with van der Waals surface area (Å²) in [5.74, 6) is 0.662. The highest BCUT2D eigenvalue weighted by atomic mass is 16.5. The first kappa shape index (κ1) is 16.1. The molecular formula is C18H20N2O4. The lowest BCUT2D eigenvalue weighted by atomic mass is 10.1. The van der Waals surface area contributed by atoms with Gasteiger partial charge in [-0.3, -0.25) is 9.59 Å². The van der Waals surface area contributed by atoms with Gasteiger partial charge in [-0.05, 0) is 50.2 Å². The third kappa shape index (κ3) is 2.99. The molecule has 24 heavy (non-hydrogen) atoms. The molecule has 2 amide bonds. The number of benzene rings is 1. The zero-order valence-electron chi connectivity index (χ0n) is 13.8. The van der Waals surface area contributed by atoms with Gasteiger partial charge < -0.3 is 19.0 Å². The molecule has 0 spiro atoms. The van der Waals surface area contributed by atoms with Gasteiger partial charge in [0.05, 0.1) is 12.9 Å². The van der Waals surface area contributed by atoms with Gasteiger partial charge >= 0.3 is 0 Å². The number of ether oxygens (including phenoxy) is 1. The van der Waals surface area contributed by atoms with Gasteiger partial charge in [-0.15, -0.1) is 0 Å². The minimum absolute atomic E-state index is 0.106. The highest BCUT2D eigenvalue weighted by Gasteiger charge is 2.36. The second-order valence-corrected chi connectivity index (χ2v) is 5.57. The van der Waals surface area contributed by atoms with Crippen molar-refractivity contribution in [2.24, 2.45) is 0 Å². The van der Waals surface area contributed by atoms with Gasteiger partial charge in [0.25, 0.3) is 5.91 Å². The topological polar surface area (TPSA) is 63.0 Å². The van der Waals surface area contributed by atoms with E-state index in [-0.39, 0.29) is 17.6 Å². The first-order chi connectivity index (χ1) is 11.6. The molecule has 126 valence electrons. The van der Waals surface area contributed by atoms with Crippen molar-refractivity contribution in [1.29, 1.82) is 0 Å². The molecule has 1 saturated heterocycles. The van der Waals surface area contributed by atoms with E-state index in [2.05, 4.69) is 0 Å². The molecule has 0 saturated carbocycles. The number of carbonyl (C=O) groups is 2. The van der Waals surface area contributed by atoms with Crippen molar-refractivity contribution < 1.29 is 18.7 Å². The van der Waals surface area contributed by atoms with Crippen LogP contribution in [0.15, 0.2) is 47.1 Å². The third-order valence-electron chi connectivity index (χ3n) is 4.11. The lowest BCUT2D eigenvalue weighted by Gasteiger charge is -2.38. The molecule has 0 N–H and O–H groups in total. The summed E-state index contributed by atoms with van der Waals surface area (Å²) < 4.78 is 10.6. The molecule has 2 aromatic rings. The number of furan rings is 1. The maximum Gasteiger partial charge on any atom is 0.290 e. The number of nitrogens with zero attached hydrogens (tertiary/aromatic N) is 2.